The van der Waals surface area contributed by atoms with Gasteiger partial charge in [0.15, 0.2) is 0 Å². The molecule has 26 heavy (non-hydrogen) atoms. The van der Waals surface area contributed by atoms with Crippen LogP contribution in [0.4, 0.5) is 41.6 Å². The fourth-order valence-corrected chi connectivity index (χ4v) is 3.59. The predicted octanol–water partition coefficient (Wildman–Crippen LogP) is 4.63. The first-order valence-corrected chi connectivity index (χ1v) is 9.11. The Bertz CT molecular complexity index is 597. The van der Waals surface area contributed by atoms with E-state index in [2.05, 4.69) is 5.32 Å². The molecule has 1 atom stereocenters. The normalized spacial score (nSPS) is 14.5. The van der Waals surface area contributed by atoms with E-state index in [9.17, 15) is 13.2 Å². The van der Waals surface area contributed by atoms with Crippen molar-refractivity contribution in [3.8, 4) is 0 Å². The van der Waals surface area contributed by atoms with Gasteiger partial charge in [-0.2, -0.15) is 13.2 Å². The van der Waals surface area contributed by atoms with Crippen LogP contribution in [-0.4, -0.2) is 12.2 Å². The van der Waals surface area contributed by atoms with Crippen molar-refractivity contribution in [1.29, 1.82) is 0 Å². The van der Waals surface area contributed by atoms with Crippen LogP contribution in [0.1, 0.15) is 65.4 Å². The highest BCUT2D eigenvalue weighted by Gasteiger charge is 2.56. The van der Waals surface area contributed by atoms with Crippen LogP contribution in [-0.2, 0) is 5.41 Å². The largest absolute Gasteiger partial charge is 0.398 e. The Morgan fingerprint density at radius 3 is 1.62 bits per heavy atom. The zero-order valence-electron chi connectivity index (χ0n) is 16.1. The van der Waals surface area contributed by atoms with Crippen LogP contribution in [0.15, 0.2) is 0 Å². The lowest BCUT2D eigenvalue weighted by Crippen LogP contribution is -2.43. The van der Waals surface area contributed by atoms with E-state index >= 15 is 0 Å². The fraction of sp³-hybridized carbons (Fsp3) is 0.667. The maximum atomic E-state index is 14.1. The maximum Gasteiger partial charge on any atom is 0.398 e. The number of rotatable bonds is 8. The second kappa shape index (κ2) is 8.14. The molecule has 0 aliphatic carbocycles. The number of benzene rings is 1. The maximum absolute atomic E-state index is 14.1. The average molecular weight is 375 g/mol. The van der Waals surface area contributed by atoms with Gasteiger partial charge in [-0.05, 0) is 25.7 Å². The minimum absolute atomic E-state index is 0.0248. The molecule has 0 saturated carbocycles. The molecule has 0 aliphatic rings. The van der Waals surface area contributed by atoms with Gasteiger partial charge in [0.2, 0.25) is 0 Å². The Kier molecular flexibility index (Phi) is 6.90. The Labute approximate surface area is 153 Å². The molecule has 5 nitrogen and oxygen atoms in total. The van der Waals surface area contributed by atoms with Crippen LogP contribution in [0.5, 0.6) is 0 Å². The highest BCUT2D eigenvalue weighted by Crippen LogP contribution is 2.55. The third-order valence-corrected chi connectivity index (χ3v) is 5.29. The number of halogens is 3. The van der Waals surface area contributed by atoms with Gasteiger partial charge in [-0.25, -0.2) is 0 Å². The number of alkyl halides is 3. The van der Waals surface area contributed by atoms with E-state index < -0.39 is 11.6 Å². The Balaban J connectivity index is 3.74. The smallest absolute Gasteiger partial charge is 0.397 e. The van der Waals surface area contributed by atoms with Gasteiger partial charge in [-0.3, -0.25) is 0 Å². The van der Waals surface area contributed by atoms with E-state index in [1.807, 2.05) is 13.8 Å². The molecule has 150 valence electrons. The van der Waals surface area contributed by atoms with Gasteiger partial charge in [0.05, 0.1) is 33.9 Å². The van der Waals surface area contributed by atoms with Crippen molar-refractivity contribution in [3.63, 3.8) is 0 Å². The first kappa shape index (κ1) is 22.1. The summed E-state index contributed by atoms with van der Waals surface area (Å²) in [4.78, 5) is 0. The van der Waals surface area contributed by atoms with Crippen molar-refractivity contribution in [3.05, 3.63) is 5.56 Å². The number of nitrogens with two attached hydrogens (primary N) is 4. The molecule has 0 radical (unpaired) electrons. The zero-order chi connectivity index (χ0) is 20.3. The molecule has 0 heterocycles. The molecule has 0 saturated heterocycles. The van der Waals surface area contributed by atoms with Crippen LogP contribution in [0.3, 0.4) is 0 Å². The van der Waals surface area contributed by atoms with Crippen LogP contribution in [0.2, 0.25) is 0 Å². The monoisotopic (exact) mass is 375 g/mol. The molecule has 1 aromatic carbocycles. The summed E-state index contributed by atoms with van der Waals surface area (Å²) in [7, 11) is 0. The van der Waals surface area contributed by atoms with E-state index in [-0.39, 0.29) is 47.2 Å². The lowest BCUT2D eigenvalue weighted by Gasteiger charge is -2.38. The number of nitrogen functional groups attached to an aromatic ring is 4. The highest BCUT2D eigenvalue weighted by molar-refractivity contribution is 5.98. The van der Waals surface area contributed by atoms with Gasteiger partial charge in [-0.15, -0.1) is 0 Å². The first-order valence-electron chi connectivity index (χ1n) is 9.11. The van der Waals surface area contributed by atoms with Crippen molar-refractivity contribution < 1.29 is 13.2 Å². The van der Waals surface area contributed by atoms with Crippen LogP contribution in [0, 0.1) is 0 Å². The standard InChI is InChI=1S/C18H32F3N5/c1-5-9-17(8-4,18(19,20)21)11-12(22)14(24)16(15(25)13(11)23)26-10(6-2)7-3/h10,26H,5-9,22-25H2,1-4H3. The topological polar surface area (TPSA) is 116 Å². The lowest BCUT2D eigenvalue weighted by molar-refractivity contribution is -0.194. The molecule has 1 rings (SSSR count). The van der Waals surface area contributed by atoms with E-state index in [0.29, 0.717) is 12.1 Å². The van der Waals surface area contributed by atoms with Crippen molar-refractivity contribution in [2.75, 3.05) is 28.3 Å². The molecule has 0 aromatic heterocycles. The quantitative estimate of drug-likeness (QED) is 0.425. The Hall–Kier alpha value is -1.99. The molecular formula is C18H32F3N5. The number of hydrogen-bond donors (Lipinski definition) is 5. The fourth-order valence-electron chi connectivity index (χ4n) is 3.59. The first-order chi connectivity index (χ1) is 12.0. The Morgan fingerprint density at radius 2 is 1.31 bits per heavy atom. The molecule has 1 aromatic rings. The zero-order valence-corrected chi connectivity index (χ0v) is 16.1. The second-order valence-electron chi connectivity index (χ2n) is 6.75. The average Bonchev–Trinajstić information content (AvgIpc) is 2.58. The SMILES string of the molecule is CCCC(CC)(c1c(N)c(N)c(NC(CC)CC)c(N)c1N)C(F)(F)F. The van der Waals surface area contributed by atoms with Crippen molar-refractivity contribution >= 4 is 28.4 Å². The second-order valence-corrected chi connectivity index (χ2v) is 6.75. The minimum atomic E-state index is -4.52. The summed E-state index contributed by atoms with van der Waals surface area (Å²) in [6.07, 6.45) is -2.94. The van der Waals surface area contributed by atoms with E-state index in [1.165, 1.54) is 6.92 Å². The molecule has 0 spiro atoms. The van der Waals surface area contributed by atoms with Crippen molar-refractivity contribution in [1.82, 2.24) is 0 Å². The minimum Gasteiger partial charge on any atom is -0.397 e. The summed E-state index contributed by atoms with van der Waals surface area (Å²) in [5.41, 5.74) is 22.1. The van der Waals surface area contributed by atoms with Crippen LogP contribution in [0.25, 0.3) is 0 Å². The van der Waals surface area contributed by atoms with E-state index in [0.717, 1.165) is 12.8 Å². The summed E-state index contributed by atoms with van der Waals surface area (Å²) in [6, 6.07) is 0.0680. The number of nitrogens with one attached hydrogen (secondary N) is 1. The number of hydrogen-bond acceptors (Lipinski definition) is 5. The molecule has 0 amide bonds. The molecular weight excluding hydrogens is 343 g/mol. The summed E-state index contributed by atoms with van der Waals surface area (Å²) < 4.78 is 42.2. The van der Waals surface area contributed by atoms with Gasteiger partial charge in [0.1, 0.15) is 0 Å². The van der Waals surface area contributed by atoms with Crippen LogP contribution < -0.4 is 28.3 Å². The molecule has 0 fully saturated rings. The summed E-state index contributed by atoms with van der Waals surface area (Å²) in [5.74, 6) is 0. The van der Waals surface area contributed by atoms with Crippen molar-refractivity contribution in [2.24, 2.45) is 0 Å². The van der Waals surface area contributed by atoms with Gasteiger partial charge in [0, 0.05) is 11.6 Å². The third-order valence-electron chi connectivity index (χ3n) is 5.29. The van der Waals surface area contributed by atoms with E-state index in [4.69, 9.17) is 22.9 Å². The molecule has 0 aliphatic heterocycles. The molecule has 9 N–H and O–H groups in total. The van der Waals surface area contributed by atoms with Crippen LogP contribution >= 0.6 is 0 Å². The van der Waals surface area contributed by atoms with Gasteiger partial charge >= 0.3 is 6.18 Å². The third kappa shape index (κ3) is 3.59. The summed E-state index contributed by atoms with van der Waals surface area (Å²) in [6.45, 7) is 7.15. The molecule has 0 bridgehead atoms. The van der Waals surface area contributed by atoms with E-state index in [1.54, 1.807) is 6.92 Å². The lowest BCUT2D eigenvalue weighted by atomic mass is 9.72. The van der Waals surface area contributed by atoms with Gasteiger partial charge in [-0.1, -0.05) is 34.1 Å². The molecule has 8 heteroatoms. The van der Waals surface area contributed by atoms with Gasteiger partial charge in [0.25, 0.3) is 0 Å². The molecule has 1 unspecified atom stereocenters. The summed E-state index contributed by atoms with van der Waals surface area (Å²) in [5, 5.41) is 3.17. The van der Waals surface area contributed by atoms with Gasteiger partial charge < -0.3 is 28.3 Å². The number of anilines is 5. The van der Waals surface area contributed by atoms with Crippen molar-refractivity contribution in [2.45, 2.75) is 77.4 Å². The predicted molar refractivity (Wildman–Crippen MR) is 105 cm³/mol. The Morgan fingerprint density at radius 1 is 0.846 bits per heavy atom. The summed E-state index contributed by atoms with van der Waals surface area (Å²) >= 11 is 0. The highest BCUT2D eigenvalue weighted by atomic mass is 19.4.